The minimum atomic E-state index is 0.0377. The number of hydrogen-bond donors (Lipinski definition) is 2. The molecule has 2 aromatic rings. The maximum absolute atomic E-state index is 9.43. The zero-order valence-corrected chi connectivity index (χ0v) is 13.6. The lowest BCUT2D eigenvalue weighted by atomic mass is 10.1. The molecule has 0 fully saturated rings. The summed E-state index contributed by atoms with van der Waals surface area (Å²) in [5, 5.41) is 17.2. The second-order valence-electron chi connectivity index (χ2n) is 5.61. The number of rotatable bonds is 8. The van der Waals surface area contributed by atoms with Crippen molar-refractivity contribution in [3.8, 4) is 0 Å². The zero-order valence-electron chi connectivity index (χ0n) is 13.6. The lowest BCUT2D eigenvalue weighted by Crippen LogP contribution is -2.25. The van der Waals surface area contributed by atoms with Crippen molar-refractivity contribution in [2.45, 2.75) is 45.6 Å². The maximum atomic E-state index is 9.43. The van der Waals surface area contributed by atoms with Gasteiger partial charge in [0.1, 0.15) is 12.1 Å². The first kappa shape index (κ1) is 16.4. The molecule has 2 aromatic heterocycles. The zero-order chi connectivity index (χ0) is 15.9. The molecule has 0 aliphatic rings. The Labute approximate surface area is 131 Å². The van der Waals surface area contributed by atoms with Gasteiger partial charge < -0.3 is 10.4 Å². The van der Waals surface area contributed by atoms with Crippen LogP contribution in [0.5, 0.6) is 0 Å². The van der Waals surface area contributed by atoms with Gasteiger partial charge in [-0.2, -0.15) is 5.10 Å². The van der Waals surface area contributed by atoms with Crippen molar-refractivity contribution in [3.05, 3.63) is 35.5 Å². The highest BCUT2D eigenvalue weighted by Gasteiger charge is 2.11. The van der Waals surface area contributed by atoms with Crippen LogP contribution in [0.25, 0.3) is 0 Å². The highest BCUT2D eigenvalue weighted by Crippen LogP contribution is 2.16. The summed E-state index contributed by atoms with van der Waals surface area (Å²) < 4.78 is 1.89. The van der Waals surface area contributed by atoms with Gasteiger partial charge in [0.05, 0.1) is 18.3 Å². The largest absolute Gasteiger partial charge is 0.394 e. The standard InChI is InChI=1S/C16H25N5O/c1-4-5-15(10-22)19-16-13(9-17-11-18-16)6-7-14-8-12(2)21(3)20-14/h8-9,11,15,22H,4-7,10H2,1-3H3,(H,17,18,19). The van der Waals surface area contributed by atoms with E-state index in [0.717, 1.165) is 48.5 Å². The topological polar surface area (TPSA) is 75.9 Å². The Hall–Kier alpha value is -1.95. The number of nitrogens with zero attached hydrogens (tertiary/aromatic N) is 4. The van der Waals surface area contributed by atoms with Crippen LogP contribution < -0.4 is 5.32 Å². The van der Waals surface area contributed by atoms with Crippen LogP contribution in [-0.4, -0.2) is 37.5 Å². The highest BCUT2D eigenvalue weighted by molar-refractivity contribution is 5.43. The third-order valence-electron chi connectivity index (χ3n) is 3.80. The van der Waals surface area contributed by atoms with E-state index in [1.54, 1.807) is 0 Å². The Morgan fingerprint density at radius 3 is 2.82 bits per heavy atom. The van der Waals surface area contributed by atoms with Crippen molar-refractivity contribution >= 4 is 5.82 Å². The van der Waals surface area contributed by atoms with Crippen LogP contribution in [0.15, 0.2) is 18.6 Å². The van der Waals surface area contributed by atoms with Crippen LogP contribution in [0.1, 0.15) is 36.7 Å². The third kappa shape index (κ3) is 4.27. The fourth-order valence-corrected chi connectivity index (χ4v) is 2.44. The second kappa shape index (κ2) is 7.89. The predicted octanol–water partition coefficient (Wildman–Crippen LogP) is 1.88. The number of aliphatic hydroxyl groups excluding tert-OH is 1. The molecular formula is C16H25N5O. The maximum Gasteiger partial charge on any atom is 0.132 e. The van der Waals surface area contributed by atoms with Crippen molar-refractivity contribution in [1.29, 1.82) is 0 Å². The molecule has 1 unspecified atom stereocenters. The molecule has 0 aliphatic heterocycles. The molecule has 2 N–H and O–H groups in total. The summed E-state index contributed by atoms with van der Waals surface area (Å²) in [7, 11) is 1.95. The van der Waals surface area contributed by atoms with Gasteiger partial charge in [-0.15, -0.1) is 0 Å². The van der Waals surface area contributed by atoms with Crippen molar-refractivity contribution < 1.29 is 5.11 Å². The third-order valence-corrected chi connectivity index (χ3v) is 3.80. The molecule has 6 nitrogen and oxygen atoms in total. The van der Waals surface area contributed by atoms with Crippen LogP contribution in [0.3, 0.4) is 0 Å². The Morgan fingerprint density at radius 2 is 2.18 bits per heavy atom. The van der Waals surface area contributed by atoms with Crippen LogP contribution in [0.4, 0.5) is 5.82 Å². The van der Waals surface area contributed by atoms with Gasteiger partial charge in [-0.1, -0.05) is 13.3 Å². The molecular weight excluding hydrogens is 278 g/mol. The van der Waals surface area contributed by atoms with Gasteiger partial charge in [0, 0.05) is 24.5 Å². The second-order valence-corrected chi connectivity index (χ2v) is 5.61. The highest BCUT2D eigenvalue weighted by atomic mass is 16.3. The fraction of sp³-hybridized carbons (Fsp3) is 0.562. The summed E-state index contributed by atoms with van der Waals surface area (Å²) in [6.45, 7) is 4.26. The van der Waals surface area contributed by atoms with E-state index in [9.17, 15) is 5.11 Å². The van der Waals surface area contributed by atoms with Crippen LogP contribution in [-0.2, 0) is 19.9 Å². The van der Waals surface area contributed by atoms with Crippen molar-refractivity contribution in [3.63, 3.8) is 0 Å². The van der Waals surface area contributed by atoms with E-state index >= 15 is 0 Å². The van der Waals surface area contributed by atoms with E-state index in [-0.39, 0.29) is 12.6 Å². The van der Waals surface area contributed by atoms with Crippen LogP contribution in [0.2, 0.25) is 0 Å². The van der Waals surface area contributed by atoms with Gasteiger partial charge in [0.15, 0.2) is 0 Å². The normalized spacial score (nSPS) is 12.4. The number of aryl methyl sites for hydroxylation is 4. The lowest BCUT2D eigenvalue weighted by molar-refractivity contribution is 0.268. The Balaban J connectivity index is 2.04. The van der Waals surface area contributed by atoms with E-state index in [0.29, 0.717) is 0 Å². The molecule has 0 amide bonds. The first-order valence-electron chi connectivity index (χ1n) is 7.79. The average molecular weight is 303 g/mol. The minimum absolute atomic E-state index is 0.0377. The Kier molecular flexibility index (Phi) is 5.89. The first-order chi connectivity index (χ1) is 10.6. The summed E-state index contributed by atoms with van der Waals surface area (Å²) in [5.41, 5.74) is 3.28. The molecule has 1 atom stereocenters. The Morgan fingerprint density at radius 1 is 1.36 bits per heavy atom. The molecule has 0 spiro atoms. The van der Waals surface area contributed by atoms with Gasteiger partial charge in [0.25, 0.3) is 0 Å². The van der Waals surface area contributed by atoms with Gasteiger partial charge in [-0.3, -0.25) is 4.68 Å². The van der Waals surface area contributed by atoms with Gasteiger partial charge >= 0.3 is 0 Å². The number of aliphatic hydroxyl groups is 1. The molecule has 120 valence electrons. The predicted molar refractivity (Wildman–Crippen MR) is 86.8 cm³/mol. The molecule has 22 heavy (non-hydrogen) atoms. The summed E-state index contributed by atoms with van der Waals surface area (Å²) in [6.07, 6.45) is 6.99. The molecule has 0 saturated carbocycles. The van der Waals surface area contributed by atoms with E-state index in [1.807, 2.05) is 24.9 Å². The molecule has 0 bridgehead atoms. The van der Waals surface area contributed by atoms with Crippen molar-refractivity contribution in [2.75, 3.05) is 11.9 Å². The molecule has 2 rings (SSSR count). The SMILES string of the molecule is CCCC(CO)Nc1ncncc1CCc1cc(C)n(C)n1. The van der Waals surface area contributed by atoms with Crippen molar-refractivity contribution in [1.82, 2.24) is 19.7 Å². The molecule has 0 aromatic carbocycles. The summed E-state index contributed by atoms with van der Waals surface area (Å²) in [5.74, 6) is 0.815. The number of aromatic nitrogens is 4. The smallest absolute Gasteiger partial charge is 0.132 e. The molecule has 6 heteroatoms. The quantitative estimate of drug-likeness (QED) is 0.778. The van der Waals surface area contributed by atoms with E-state index in [2.05, 4.69) is 33.4 Å². The molecule has 2 heterocycles. The monoisotopic (exact) mass is 303 g/mol. The number of hydrogen-bond acceptors (Lipinski definition) is 5. The van der Waals surface area contributed by atoms with E-state index in [1.165, 1.54) is 6.33 Å². The number of anilines is 1. The number of nitrogens with one attached hydrogen (secondary N) is 1. The van der Waals surface area contributed by atoms with Gasteiger partial charge in [0.2, 0.25) is 0 Å². The van der Waals surface area contributed by atoms with E-state index < -0.39 is 0 Å². The summed E-state index contributed by atoms with van der Waals surface area (Å²) in [4.78, 5) is 8.45. The van der Waals surface area contributed by atoms with Crippen LogP contribution >= 0.6 is 0 Å². The fourth-order valence-electron chi connectivity index (χ4n) is 2.44. The molecule has 0 radical (unpaired) electrons. The van der Waals surface area contributed by atoms with Gasteiger partial charge in [-0.05, 0) is 32.3 Å². The van der Waals surface area contributed by atoms with Crippen LogP contribution in [0, 0.1) is 6.92 Å². The molecule has 0 aliphatic carbocycles. The summed E-state index contributed by atoms with van der Waals surface area (Å²) >= 11 is 0. The van der Waals surface area contributed by atoms with Gasteiger partial charge in [-0.25, -0.2) is 9.97 Å². The Bertz CT molecular complexity index is 576. The minimum Gasteiger partial charge on any atom is -0.394 e. The molecule has 0 saturated heterocycles. The van der Waals surface area contributed by atoms with Crippen molar-refractivity contribution in [2.24, 2.45) is 7.05 Å². The van der Waals surface area contributed by atoms with E-state index in [4.69, 9.17) is 0 Å². The lowest BCUT2D eigenvalue weighted by Gasteiger charge is -2.17. The average Bonchev–Trinajstić information content (AvgIpc) is 2.84. The summed E-state index contributed by atoms with van der Waals surface area (Å²) in [6, 6.07) is 2.14. The first-order valence-corrected chi connectivity index (χ1v) is 7.79.